The van der Waals surface area contributed by atoms with Crippen LogP contribution in [0.4, 0.5) is 0 Å². The zero-order valence-electron chi connectivity index (χ0n) is 14.6. The van der Waals surface area contributed by atoms with Gasteiger partial charge in [0, 0.05) is 23.0 Å². The standard InChI is InChI=1S/C17H24O4S4/c1-20-12(18)14-4-3-5-15(13(19)21-2,11-16(14)22-6-7-23-16)17(10-14)24-8-9-25-17/h3-11H2,1-2H3. The zero-order chi connectivity index (χ0) is 17.8. The zero-order valence-corrected chi connectivity index (χ0v) is 17.9. The Hall–Kier alpha value is 0.340. The van der Waals surface area contributed by atoms with E-state index in [4.69, 9.17) is 9.47 Å². The van der Waals surface area contributed by atoms with Crippen LogP contribution in [0.3, 0.4) is 0 Å². The molecule has 2 saturated heterocycles. The van der Waals surface area contributed by atoms with Crippen molar-refractivity contribution in [2.24, 2.45) is 10.8 Å². The summed E-state index contributed by atoms with van der Waals surface area (Å²) in [7, 11) is 3.04. The van der Waals surface area contributed by atoms with E-state index in [-0.39, 0.29) is 20.1 Å². The summed E-state index contributed by atoms with van der Waals surface area (Å²) in [5.41, 5.74) is -0.988. The highest BCUT2D eigenvalue weighted by Crippen LogP contribution is 2.77. The summed E-state index contributed by atoms with van der Waals surface area (Å²) in [6, 6.07) is 0. The average molecular weight is 421 g/mol. The molecular weight excluding hydrogens is 396 g/mol. The van der Waals surface area contributed by atoms with E-state index in [2.05, 4.69) is 0 Å². The molecule has 2 spiro atoms. The quantitative estimate of drug-likeness (QED) is 0.628. The highest BCUT2D eigenvalue weighted by molar-refractivity contribution is 8.22. The molecule has 0 N–H and O–H groups in total. The molecule has 5 rings (SSSR count). The topological polar surface area (TPSA) is 52.6 Å². The molecule has 2 atom stereocenters. The largest absolute Gasteiger partial charge is 0.469 e. The molecule has 8 heteroatoms. The van der Waals surface area contributed by atoms with Crippen molar-refractivity contribution in [3.63, 3.8) is 0 Å². The van der Waals surface area contributed by atoms with E-state index in [0.717, 1.165) is 55.1 Å². The summed E-state index contributed by atoms with van der Waals surface area (Å²) in [4.78, 5) is 26.3. The lowest BCUT2D eigenvalue weighted by Crippen LogP contribution is -2.63. The van der Waals surface area contributed by atoms with Gasteiger partial charge in [-0.3, -0.25) is 9.59 Å². The molecule has 2 unspecified atom stereocenters. The molecule has 140 valence electrons. The van der Waals surface area contributed by atoms with Crippen LogP contribution in [0.1, 0.15) is 32.1 Å². The maximum absolute atomic E-state index is 13.2. The molecule has 2 aliphatic heterocycles. The Bertz CT molecular complexity index is 535. The lowest BCUT2D eigenvalue weighted by atomic mass is 9.63. The Balaban J connectivity index is 1.91. The minimum atomic E-state index is -0.494. The van der Waals surface area contributed by atoms with Crippen molar-refractivity contribution in [3.05, 3.63) is 0 Å². The fourth-order valence-corrected chi connectivity index (χ4v) is 13.2. The number of carbonyl (C=O) groups excluding carboxylic acids is 2. The van der Waals surface area contributed by atoms with Crippen molar-refractivity contribution in [2.45, 2.75) is 40.3 Å². The number of hydrogen-bond acceptors (Lipinski definition) is 8. The summed E-state index contributed by atoms with van der Waals surface area (Å²) < 4.78 is 10.2. The van der Waals surface area contributed by atoms with Crippen LogP contribution in [0.5, 0.6) is 0 Å². The molecule has 3 saturated carbocycles. The normalized spacial score (nSPS) is 38.0. The third kappa shape index (κ3) is 2.32. The summed E-state index contributed by atoms with van der Waals surface area (Å²) in [5, 5.41) is 0. The number of ether oxygens (including phenoxy) is 2. The predicted molar refractivity (Wildman–Crippen MR) is 107 cm³/mol. The van der Waals surface area contributed by atoms with Crippen LogP contribution in [-0.2, 0) is 19.1 Å². The van der Waals surface area contributed by atoms with E-state index < -0.39 is 10.8 Å². The number of esters is 2. The smallest absolute Gasteiger partial charge is 0.314 e. The number of fused-ring (bicyclic) bond motifs is 2. The van der Waals surface area contributed by atoms with Crippen LogP contribution in [0.2, 0.25) is 0 Å². The maximum atomic E-state index is 13.2. The number of methoxy groups -OCH3 is 2. The lowest BCUT2D eigenvalue weighted by Gasteiger charge is -2.58. The fraction of sp³-hybridized carbons (Fsp3) is 0.882. The van der Waals surface area contributed by atoms with Gasteiger partial charge in [0.15, 0.2) is 0 Å². The molecule has 0 aromatic rings. The van der Waals surface area contributed by atoms with E-state index in [1.54, 1.807) is 0 Å². The molecule has 0 radical (unpaired) electrons. The minimum Gasteiger partial charge on any atom is -0.469 e. The third-order valence-corrected chi connectivity index (χ3v) is 14.0. The molecule has 5 aliphatic rings. The third-order valence-electron chi connectivity index (χ3n) is 6.39. The van der Waals surface area contributed by atoms with E-state index in [9.17, 15) is 9.59 Å². The molecule has 0 amide bonds. The van der Waals surface area contributed by atoms with E-state index in [1.165, 1.54) is 14.2 Å². The lowest BCUT2D eigenvalue weighted by molar-refractivity contribution is -0.163. The van der Waals surface area contributed by atoms with Gasteiger partial charge in [-0.1, -0.05) is 6.42 Å². The van der Waals surface area contributed by atoms with E-state index in [1.807, 2.05) is 47.0 Å². The highest BCUT2D eigenvalue weighted by Gasteiger charge is 2.76. The average Bonchev–Trinajstić information content (AvgIpc) is 3.22. The predicted octanol–water partition coefficient (Wildman–Crippen LogP) is 3.64. The molecular formula is C17H24O4S4. The SMILES string of the molecule is COC(=O)C12CCCC(C(=O)OC)(CC13SCCS3)C1(C2)SCCS1. The van der Waals surface area contributed by atoms with Gasteiger partial charge < -0.3 is 9.47 Å². The molecule has 3 aliphatic carbocycles. The van der Waals surface area contributed by atoms with Crippen molar-refractivity contribution in [1.82, 2.24) is 0 Å². The van der Waals surface area contributed by atoms with E-state index >= 15 is 0 Å². The highest BCUT2D eigenvalue weighted by atomic mass is 32.2. The molecule has 25 heavy (non-hydrogen) atoms. The molecule has 0 aromatic carbocycles. The van der Waals surface area contributed by atoms with Gasteiger partial charge in [0.2, 0.25) is 0 Å². The second kappa shape index (κ2) is 6.45. The van der Waals surface area contributed by atoms with Crippen LogP contribution in [0, 0.1) is 10.8 Å². The molecule has 0 aromatic heterocycles. The van der Waals surface area contributed by atoms with Gasteiger partial charge in [-0.2, -0.15) is 0 Å². The van der Waals surface area contributed by atoms with Gasteiger partial charge in [0.1, 0.15) is 0 Å². The van der Waals surface area contributed by atoms with Gasteiger partial charge in [-0.05, 0) is 25.7 Å². The van der Waals surface area contributed by atoms with Crippen LogP contribution in [0.25, 0.3) is 0 Å². The van der Waals surface area contributed by atoms with Crippen molar-refractivity contribution < 1.29 is 19.1 Å². The van der Waals surface area contributed by atoms with Crippen molar-refractivity contribution in [1.29, 1.82) is 0 Å². The van der Waals surface area contributed by atoms with Crippen LogP contribution in [-0.4, -0.2) is 57.3 Å². The van der Waals surface area contributed by atoms with Crippen molar-refractivity contribution >= 4 is 59.0 Å². The van der Waals surface area contributed by atoms with Gasteiger partial charge in [-0.15, -0.1) is 47.0 Å². The first kappa shape index (κ1) is 18.7. The van der Waals surface area contributed by atoms with Crippen LogP contribution >= 0.6 is 47.0 Å². The fourth-order valence-electron chi connectivity index (χ4n) is 5.37. The second-order valence-corrected chi connectivity index (χ2v) is 13.3. The Kier molecular flexibility index (Phi) is 4.82. The minimum absolute atomic E-state index is 0.0674. The van der Waals surface area contributed by atoms with E-state index in [0.29, 0.717) is 0 Å². The van der Waals surface area contributed by atoms with Crippen LogP contribution in [0.15, 0.2) is 0 Å². The van der Waals surface area contributed by atoms with Gasteiger partial charge >= 0.3 is 11.9 Å². The molecule has 5 fully saturated rings. The van der Waals surface area contributed by atoms with Crippen molar-refractivity contribution in [2.75, 3.05) is 37.2 Å². The maximum Gasteiger partial charge on any atom is 0.314 e. The van der Waals surface area contributed by atoms with Gasteiger partial charge in [0.05, 0.1) is 33.2 Å². The first-order chi connectivity index (χ1) is 12.0. The van der Waals surface area contributed by atoms with Crippen LogP contribution < -0.4 is 0 Å². The summed E-state index contributed by atoms with van der Waals surface area (Å²) in [5.74, 6) is 4.01. The van der Waals surface area contributed by atoms with Crippen molar-refractivity contribution in [3.8, 4) is 0 Å². The van der Waals surface area contributed by atoms with Gasteiger partial charge in [-0.25, -0.2) is 0 Å². The monoisotopic (exact) mass is 420 g/mol. The Labute approximate surface area is 166 Å². The summed E-state index contributed by atoms with van der Waals surface area (Å²) in [6.45, 7) is 0. The Morgan fingerprint density at radius 2 is 1.08 bits per heavy atom. The summed E-state index contributed by atoms with van der Waals surface area (Å²) >= 11 is 7.56. The second-order valence-electron chi connectivity index (χ2n) is 7.25. The summed E-state index contributed by atoms with van der Waals surface area (Å²) in [6.07, 6.45) is 3.99. The Morgan fingerprint density at radius 1 is 0.720 bits per heavy atom. The molecule has 4 nitrogen and oxygen atoms in total. The number of hydrogen-bond donors (Lipinski definition) is 0. The Morgan fingerprint density at radius 3 is 1.40 bits per heavy atom. The number of thioether (sulfide) groups is 4. The number of rotatable bonds is 2. The first-order valence-corrected chi connectivity index (χ1v) is 12.7. The molecule has 2 heterocycles. The number of carbonyl (C=O) groups is 2. The molecule has 2 bridgehead atoms. The first-order valence-electron chi connectivity index (χ1n) is 8.73. The van der Waals surface area contributed by atoms with Gasteiger partial charge in [0.25, 0.3) is 0 Å².